The molecule has 1 atom stereocenters. The molecular weight excluding hydrogens is 296 g/mol. The van der Waals surface area contributed by atoms with E-state index in [0.717, 1.165) is 10.0 Å². The molecule has 0 heterocycles. The molecule has 2 amide bonds. The largest absolute Gasteiger partial charge is 0.391 e. The van der Waals surface area contributed by atoms with Crippen LogP contribution in [0.15, 0.2) is 22.7 Å². The van der Waals surface area contributed by atoms with Crippen molar-refractivity contribution < 1.29 is 9.90 Å². The van der Waals surface area contributed by atoms with Gasteiger partial charge in [-0.3, -0.25) is 0 Å². The lowest BCUT2D eigenvalue weighted by Gasteiger charge is -2.16. The first-order valence-corrected chi connectivity index (χ1v) is 6.68. The predicted octanol–water partition coefficient (Wildman–Crippen LogP) is 2.90. The molecule has 1 unspecified atom stereocenters. The molecule has 100 valence electrons. The van der Waals surface area contributed by atoms with Crippen LogP contribution in [0, 0.1) is 12.8 Å². The van der Waals surface area contributed by atoms with E-state index in [1.54, 1.807) is 0 Å². The van der Waals surface area contributed by atoms with Crippen LogP contribution in [0.2, 0.25) is 0 Å². The summed E-state index contributed by atoms with van der Waals surface area (Å²) in [5.74, 6) is 0.121. The fourth-order valence-electron chi connectivity index (χ4n) is 1.33. The Bertz CT molecular complexity index is 421. The van der Waals surface area contributed by atoms with Gasteiger partial charge in [-0.2, -0.15) is 0 Å². The van der Waals surface area contributed by atoms with E-state index in [4.69, 9.17) is 0 Å². The molecule has 1 rings (SSSR count). The summed E-state index contributed by atoms with van der Waals surface area (Å²) < 4.78 is 0.827. The van der Waals surface area contributed by atoms with Crippen molar-refractivity contribution in [3.63, 3.8) is 0 Å². The molecule has 3 N–H and O–H groups in total. The summed E-state index contributed by atoms with van der Waals surface area (Å²) in [6, 6.07) is 5.40. The van der Waals surface area contributed by atoms with Crippen molar-refractivity contribution in [2.45, 2.75) is 26.9 Å². The number of benzene rings is 1. The van der Waals surface area contributed by atoms with E-state index in [1.807, 2.05) is 39.0 Å². The van der Waals surface area contributed by atoms with Crippen molar-refractivity contribution in [1.82, 2.24) is 5.32 Å². The number of urea groups is 1. The Balaban J connectivity index is 2.52. The number of hydrogen-bond acceptors (Lipinski definition) is 2. The summed E-state index contributed by atoms with van der Waals surface area (Å²) in [6.07, 6.45) is -0.531. The minimum absolute atomic E-state index is 0.121. The average Bonchev–Trinajstić information content (AvgIpc) is 2.30. The van der Waals surface area contributed by atoms with Gasteiger partial charge in [0.25, 0.3) is 0 Å². The van der Waals surface area contributed by atoms with Crippen LogP contribution >= 0.6 is 15.9 Å². The lowest BCUT2D eigenvalue weighted by atomic mass is 10.1. The molecule has 0 aliphatic heterocycles. The SMILES string of the molecule is Cc1ccc(Br)c(NC(=O)NCC(O)C(C)C)c1. The van der Waals surface area contributed by atoms with Crippen molar-refractivity contribution >= 4 is 27.6 Å². The fourth-order valence-corrected chi connectivity index (χ4v) is 1.68. The number of nitrogens with one attached hydrogen (secondary N) is 2. The Morgan fingerprint density at radius 3 is 2.72 bits per heavy atom. The van der Waals surface area contributed by atoms with E-state index in [2.05, 4.69) is 26.6 Å². The smallest absolute Gasteiger partial charge is 0.319 e. The second kappa shape index (κ2) is 6.75. The van der Waals surface area contributed by atoms with Gasteiger partial charge in [-0.1, -0.05) is 19.9 Å². The average molecular weight is 315 g/mol. The van der Waals surface area contributed by atoms with Crippen molar-refractivity contribution in [3.8, 4) is 0 Å². The first-order valence-electron chi connectivity index (χ1n) is 5.89. The number of halogens is 1. The van der Waals surface area contributed by atoms with Gasteiger partial charge in [-0.05, 0) is 46.5 Å². The molecule has 1 aromatic rings. The molecule has 1 aromatic carbocycles. The third-order valence-electron chi connectivity index (χ3n) is 2.61. The van der Waals surface area contributed by atoms with Gasteiger partial charge in [0.2, 0.25) is 0 Å². The van der Waals surface area contributed by atoms with Crippen molar-refractivity contribution in [1.29, 1.82) is 0 Å². The maximum absolute atomic E-state index is 11.6. The second-order valence-corrected chi connectivity index (χ2v) is 5.48. The highest BCUT2D eigenvalue weighted by Crippen LogP contribution is 2.23. The first kappa shape index (κ1) is 15.0. The maximum Gasteiger partial charge on any atom is 0.319 e. The third-order valence-corrected chi connectivity index (χ3v) is 3.30. The zero-order valence-electron chi connectivity index (χ0n) is 10.8. The Hall–Kier alpha value is -1.07. The van der Waals surface area contributed by atoms with Crippen LogP contribution in [0.25, 0.3) is 0 Å². The molecule has 0 bridgehead atoms. The normalized spacial score (nSPS) is 12.3. The number of rotatable bonds is 4. The number of hydrogen-bond donors (Lipinski definition) is 3. The Kier molecular flexibility index (Phi) is 5.62. The summed E-state index contributed by atoms with van der Waals surface area (Å²) in [5, 5.41) is 15.0. The highest BCUT2D eigenvalue weighted by Gasteiger charge is 2.11. The molecule has 18 heavy (non-hydrogen) atoms. The van der Waals surface area contributed by atoms with Gasteiger partial charge in [0.15, 0.2) is 0 Å². The van der Waals surface area contributed by atoms with Crippen LogP contribution in [0.4, 0.5) is 10.5 Å². The number of aliphatic hydroxyl groups is 1. The van der Waals surface area contributed by atoms with Crippen LogP contribution < -0.4 is 10.6 Å². The summed E-state index contributed by atoms with van der Waals surface area (Å²) in [4.78, 5) is 11.6. The van der Waals surface area contributed by atoms with E-state index >= 15 is 0 Å². The Morgan fingerprint density at radius 1 is 1.44 bits per heavy atom. The van der Waals surface area contributed by atoms with Gasteiger partial charge < -0.3 is 15.7 Å². The predicted molar refractivity (Wildman–Crippen MR) is 76.7 cm³/mol. The van der Waals surface area contributed by atoms with Crippen molar-refractivity contribution in [2.75, 3.05) is 11.9 Å². The topological polar surface area (TPSA) is 61.4 Å². The molecule has 5 heteroatoms. The van der Waals surface area contributed by atoms with E-state index in [-0.39, 0.29) is 18.5 Å². The van der Waals surface area contributed by atoms with E-state index in [9.17, 15) is 9.90 Å². The summed E-state index contributed by atoms with van der Waals surface area (Å²) in [5.41, 5.74) is 1.78. The third kappa shape index (κ3) is 4.66. The van der Waals surface area contributed by atoms with Gasteiger partial charge in [0.05, 0.1) is 11.8 Å². The molecule has 0 saturated carbocycles. The van der Waals surface area contributed by atoms with Crippen LogP contribution in [-0.2, 0) is 0 Å². The summed E-state index contributed by atoms with van der Waals surface area (Å²) >= 11 is 3.37. The number of aryl methyl sites for hydroxylation is 1. The quantitative estimate of drug-likeness (QED) is 0.800. The van der Waals surface area contributed by atoms with Gasteiger partial charge in [-0.15, -0.1) is 0 Å². The first-order chi connectivity index (χ1) is 8.40. The molecule has 0 aliphatic carbocycles. The van der Waals surface area contributed by atoms with Crippen LogP contribution in [0.3, 0.4) is 0 Å². The molecular formula is C13H19BrN2O2. The molecule has 0 radical (unpaired) electrons. The monoisotopic (exact) mass is 314 g/mol. The minimum atomic E-state index is -0.531. The number of anilines is 1. The van der Waals surface area contributed by atoms with Gasteiger partial charge in [0.1, 0.15) is 0 Å². The van der Waals surface area contributed by atoms with Crippen LogP contribution in [-0.4, -0.2) is 23.8 Å². The minimum Gasteiger partial charge on any atom is -0.391 e. The van der Waals surface area contributed by atoms with Gasteiger partial charge >= 0.3 is 6.03 Å². The number of carbonyl (C=O) groups is 1. The lowest BCUT2D eigenvalue weighted by Crippen LogP contribution is -2.37. The molecule has 0 aliphatic rings. The molecule has 0 aromatic heterocycles. The Labute approximate surface area is 116 Å². The molecule has 4 nitrogen and oxygen atoms in total. The number of aliphatic hydroxyl groups excluding tert-OH is 1. The second-order valence-electron chi connectivity index (χ2n) is 4.63. The zero-order chi connectivity index (χ0) is 13.7. The highest BCUT2D eigenvalue weighted by atomic mass is 79.9. The fraction of sp³-hybridized carbons (Fsp3) is 0.462. The molecule has 0 spiro atoms. The molecule has 0 fully saturated rings. The maximum atomic E-state index is 11.6. The van der Waals surface area contributed by atoms with Crippen molar-refractivity contribution in [2.24, 2.45) is 5.92 Å². The zero-order valence-corrected chi connectivity index (χ0v) is 12.4. The van der Waals surface area contributed by atoms with Crippen molar-refractivity contribution in [3.05, 3.63) is 28.2 Å². The summed E-state index contributed by atoms with van der Waals surface area (Å²) in [7, 11) is 0. The number of carbonyl (C=O) groups excluding carboxylic acids is 1. The number of amides is 2. The van der Waals surface area contributed by atoms with E-state index in [1.165, 1.54) is 0 Å². The van der Waals surface area contributed by atoms with E-state index < -0.39 is 6.10 Å². The van der Waals surface area contributed by atoms with Gasteiger partial charge in [-0.25, -0.2) is 4.79 Å². The summed E-state index contributed by atoms with van der Waals surface area (Å²) in [6.45, 7) is 6.01. The van der Waals surface area contributed by atoms with Crippen LogP contribution in [0.5, 0.6) is 0 Å². The lowest BCUT2D eigenvalue weighted by molar-refractivity contribution is 0.126. The molecule has 0 saturated heterocycles. The highest BCUT2D eigenvalue weighted by molar-refractivity contribution is 9.10. The van der Waals surface area contributed by atoms with Gasteiger partial charge in [0, 0.05) is 11.0 Å². The van der Waals surface area contributed by atoms with E-state index in [0.29, 0.717) is 5.69 Å². The Morgan fingerprint density at radius 2 is 2.11 bits per heavy atom. The van der Waals surface area contributed by atoms with Crippen LogP contribution in [0.1, 0.15) is 19.4 Å². The standard InChI is InChI=1S/C13H19BrN2O2/c1-8(2)12(17)7-15-13(18)16-11-6-9(3)4-5-10(11)14/h4-6,8,12,17H,7H2,1-3H3,(H2,15,16,18).